The van der Waals surface area contributed by atoms with Crippen LogP contribution < -0.4 is 9.44 Å². The zero-order chi connectivity index (χ0) is 26.7. The van der Waals surface area contributed by atoms with Gasteiger partial charge in [-0.25, -0.2) is 16.8 Å². The van der Waals surface area contributed by atoms with Crippen LogP contribution in [0.25, 0.3) is 10.8 Å². The van der Waals surface area contributed by atoms with Gasteiger partial charge in [-0.2, -0.15) is 0 Å². The molecule has 0 amide bonds. The lowest BCUT2D eigenvalue weighted by atomic mass is 9.69. The number of benzene rings is 4. The molecule has 0 radical (unpaired) electrons. The minimum absolute atomic E-state index is 0.0158. The fourth-order valence-electron chi connectivity index (χ4n) is 5.59. The third-order valence-corrected chi connectivity index (χ3v) is 10.3. The number of hydrogen-bond acceptors (Lipinski definition) is 4. The van der Waals surface area contributed by atoms with Crippen LogP contribution in [0.4, 0.5) is 11.4 Å². The molecule has 0 fully saturated rings. The zero-order valence-corrected chi connectivity index (χ0v) is 22.7. The Hall–Kier alpha value is -3.62. The monoisotopic (exact) mass is 544 g/mol. The molecule has 6 nitrogen and oxygen atoms in total. The first-order valence-electron chi connectivity index (χ1n) is 12.6. The van der Waals surface area contributed by atoms with Gasteiger partial charge in [0.2, 0.25) is 0 Å². The topological polar surface area (TPSA) is 92.3 Å². The molecular formula is C30H28N2O4S2. The van der Waals surface area contributed by atoms with Crippen molar-refractivity contribution in [1.29, 1.82) is 0 Å². The van der Waals surface area contributed by atoms with Gasteiger partial charge < -0.3 is 0 Å². The second-order valence-electron chi connectivity index (χ2n) is 10.1. The molecule has 0 saturated carbocycles. The summed E-state index contributed by atoms with van der Waals surface area (Å²) in [6.07, 6.45) is 5.98. The largest absolute Gasteiger partial charge is 0.279 e. The molecule has 2 bridgehead atoms. The van der Waals surface area contributed by atoms with E-state index in [-0.39, 0.29) is 21.6 Å². The smallest absolute Gasteiger partial charge is 0.261 e. The Morgan fingerprint density at radius 3 is 1.29 bits per heavy atom. The molecule has 0 saturated heterocycles. The van der Waals surface area contributed by atoms with E-state index in [9.17, 15) is 16.8 Å². The van der Waals surface area contributed by atoms with Gasteiger partial charge in [-0.1, -0.05) is 71.8 Å². The van der Waals surface area contributed by atoms with E-state index in [0.717, 1.165) is 35.1 Å². The molecule has 2 atom stereocenters. The average Bonchev–Trinajstić information content (AvgIpc) is 2.91. The van der Waals surface area contributed by atoms with Gasteiger partial charge in [0, 0.05) is 22.6 Å². The lowest BCUT2D eigenvalue weighted by Gasteiger charge is -2.37. The van der Waals surface area contributed by atoms with E-state index in [1.54, 1.807) is 48.5 Å². The van der Waals surface area contributed by atoms with E-state index < -0.39 is 20.0 Å². The Morgan fingerprint density at radius 1 is 0.579 bits per heavy atom. The third-order valence-electron chi connectivity index (χ3n) is 7.54. The standard InChI is InChI=1S/C30H28N2O4S2/c1-19-7-15-23(16-8-19)37(33,34)31-29-25-5-3-4-6-26(25)30(28-22-13-11-21(12-14-22)27(28)29)32-38(35,36)24-17-9-20(2)10-18-24/h3-11,13,15-18,21-22,31-32H,12,14H2,1-2H3/t21-,22-/m0/s1. The summed E-state index contributed by atoms with van der Waals surface area (Å²) < 4.78 is 59.9. The summed E-state index contributed by atoms with van der Waals surface area (Å²) >= 11 is 0. The highest BCUT2D eigenvalue weighted by Gasteiger charge is 2.37. The van der Waals surface area contributed by atoms with E-state index in [4.69, 9.17) is 0 Å². The molecule has 0 aromatic heterocycles. The van der Waals surface area contributed by atoms with Crippen LogP contribution in [0.3, 0.4) is 0 Å². The van der Waals surface area contributed by atoms with Crippen molar-refractivity contribution in [3.63, 3.8) is 0 Å². The first-order chi connectivity index (χ1) is 18.1. The first kappa shape index (κ1) is 24.7. The summed E-state index contributed by atoms with van der Waals surface area (Å²) in [5.41, 5.74) is 4.68. The molecule has 38 heavy (non-hydrogen) atoms. The minimum Gasteiger partial charge on any atom is -0.279 e. The average molecular weight is 545 g/mol. The molecule has 194 valence electrons. The number of hydrogen-bond donors (Lipinski definition) is 2. The summed E-state index contributed by atoms with van der Waals surface area (Å²) in [7, 11) is -7.76. The van der Waals surface area contributed by atoms with E-state index in [0.29, 0.717) is 22.1 Å². The van der Waals surface area contributed by atoms with Crippen LogP contribution in [0.2, 0.25) is 0 Å². The van der Waals surface area contributed by atoms with Crippen LogP contribution in [0.1, 0.15) is 46.9 Å². The fraction of sp³-hybridized carbons (Fsp3) is 0.200. The van der Waals surface area contributed by atoms with Gasteiger partial charge in [0.15, 0.2) is 0 Å². The number of rotatable bonds is 6. The van der Waals surface area contributed by atoms with Gasteiger partial charge >= 0.3 is 0 Å². The van der Waals surface area contributed by atoms with Crippen LogP contribution in [-0.4, -0.2) is 16.8 Å². The van der Waals surface area contributed by atoms with Crippen molar-refractivity contribution in [1.82, 2.24) is 0 Å². The molecule has 0 aliphatic heterocycles. The van der Waals surface area contributed by atoms with Crippen molar-refractivity contribution >= 4 is 42.2 Å². The summed E-state index contributed by atoms with van der Waals surface area (Å²) in [5.74, 6) is -0.0316. The molecule has 4 aromatic rings. The maximum absolute atomic E-state index is 13.5. The quantitative estimate of drug-likeness (QED) is 0.268. The molecular weight excluding hydrogens is 516 g/mol. The first-order valence-corrected chi connectivity index (χ1v) is 15.6. The molecule has 0 heterocycles. The van der Waals surface area contributed by atoms with Gasteiger partial charge in [-0.3, -0.25) is 9.44 Å². The molecule has 0 spiro atoms. The van der Waals surface area contributed by atoms with Crippen molar-refractivity contribution in [3.05, 3.63) is 107 Å². The maximum Gasteiger partial charge on any atom is 0.261 e. The van der Waals surface area contributed by atoms with Gasteiger partial charge in [0.25, 0.3) is 20.0 Å². The summed E-state index contributed by atoms with van der Waals surface area (Å²) in [4.78, 5) is 0.364. The molecule has 4 aromatic carbocycles. The lowest BCUT2D eigenvalue weighted by molar-refractivity contribution is 0.556. The van der Waals surface area contributed by atoms with E-state index in [1.807, 2.05) is 38.1 Å². The van der Waals surface area contributed by atoms with Crippen LogP contribution in [0, 0.1) is 13.8 Å². The number of allylic oxidation sites excluding steroid dienone is 2. The molecule has 7 rings (SSSR count). The van der Waals surface area contributed by atoms with Gasteiger partial charge in [-0.15, -0.1) is 0 Å². The molecule has 8 heteroatoms. The van der Waals surface area contributed by atoms with Crippen LogP contribution >= 0.6 is 0 Å². The molecule has 2 N–H and O–H groups in total. The van der Waals surface area contributed by atoms with Crippen molar-refractivity contribution in [2.24, 2.45) is 0 Å². The van der Waals surface area contributed by atoms with Gasteiger partial charge in [0.05, 0.1) is 21.2 Å². The molecule has 3 aliphatic rings. The van der Waals surface area contributed by atoms with E-state index >= 15 is 0 Å². The Kier molecular flexibility index (Phi) is 5.85. The predicted octanol–water partition coefficient (Wildman–Crippen LogP) is 6.59. The summed E-state index contributed by atoms with van der Waals surface area (Å²) in [6.45, 7) is 3.82. The predicted molar refractivity (Wildman–Crippen MR) is 152 cm³/mol. The normalized spacial score (nSPS) is 18.4. The van der Waals surface area contributed by atoms with E-state index in [1.165, 1.54) is 0 Å². The second-order valence-corrected chi connectivity index (χ2v) is 13.5. The molecule has 0 unspecified atom stereocenters. The Morgan fingerprint density at radius 2 is 0.947 bits per heavy atom. The number of anilines is 2. The SMILES string of the molecule is Cc1ccc(S(=O)(=O)Nc2c3c(c(NS(=O)(=O)c4ccc(C)cc4)c4ccccc24)[C@H]2C=C[C@H]3CC2)cc1. The third kappa shape index (κ3) is 4.18. The zero-order valence-electron chi connectivity index (χ0n) is 21.1. The Bertz CT molecular complexity index is 1680. The maximum atomic E-state index is 13.5. The van der Waals surface area contributed by atoms with Gasteiger partial charge in [0.1, 0.15) is 0 Å². The minimum atomic E-state index is -3.88. The molecule has 3 aliphatic carbocycles. The van der Waals surface area contributed by atoms with Gasteiger partial charge in [-0.05, 0) is 62.1 Å². The number of nitrogens with one attached hydrogen (secondary N) is 2. The lowest BCUT2D eigenvalue weighted by Crippen LogP contribution is -2.25. The Balaban J connectivity index is 1.56. The fourth-order valence-corrected chi connectivity index (χ4v) is 7.79. The van der Waals surface area contributed by atoms with Crippen LogP contribution in [-0.2, 0) is 20.0 Å². The van der Waals surface area contributed by atoms with Crippen molar-refractivity contribution in [2.45, 2.75) is 48.3 Å². The van der Waals surface area contributed by atoms with Crippen molar-refractivity contribution < 1.29 is 16.8 Å². The van der Waals surface area contributed by atoms with Crippen molar-refractivity contribution in [2.75, 3.05) is 9.44 Å². The number of sulfonamides is 2. The van der Waals surface area contributed by atoms with Crippen molar-refractivity contribution in [3.8, 4) is 0 Å². The van der Waals surface area contributed by atoms with Crippen LogP contribution in [0.15, 0.2) is 94.7 Å². The van der Waals surface area contributed by atoms with E-state index in [2.05, 4.69) is 21.6 Å². The highest BCUT2D eigenvalue weighted by Crippen LogP contribution is 2.54. The summed E-state index contributed by atoms with van der Waals surface area (Å²) in [5, 5.41) is 1.31. The Labute approximate surface area is 223 Å². The second kappa shape index (κ2) is 8.99. The summed E-state index contributed by atoms with van der Waals surface area (Å²) in [6, 6.07) is 20.9. The number of aryl methyl sites for hydroxylation is 2. The number of fused-ring (bicyclic) bond motifs is 2. The highest BCUT2D eigenvalue weighted by molar-refractivity contribution is 7.93. The highest BCUT2D eigenvalue weighted by atomic mass is 32.2. The van der Waals surface area contributed by atoms with Crippen LogP contribution in [0.5, 0.6) is 0 Å².